The van der Waals surface area contributed by atoms with Crippen LogP contribution in [0.5, 0.6) is 0 Å². The van der Waals surface area contributed by atoms with Gasteiger partial charge in [0.2, 0.25) is 5.91 Å². The molecule has 1 aliphatic heterocycles. The standard InChI is InChI=1S/C28H39NO4Si/c1-28(2,3)34(4,5)33-18-12-17-24(23-15-10-7-11-16-23)20-26(30)29-25(21-32-27(29)31)19-22-13-8-6-9-14-22/h6-11,13-16,24-25H,12,17-21H2,1-5H3/t24-,25-/m0/s1. The van der Waals surface area contributed by atoms with Crippen LogP contribution in [0.1, 0.15) is 57.1 Å². The molecule has 0 unspecified atom stereocenters. The molecule has 0 radical (unpaired) electrons. The van der Waals surface area contributed by atoms with E-state index >= 15 is 0 Å². The van der Waals surface area contributed by atoms with Crippen molar-refractivity contribution in [3.05, 3.63) is 71.8 Å². The molecule has 1 heterocycles. The smallest absolute Gasteiger partial charge is 0.416 e. The Kier molecular flexibility index (Phi) is 8.71. The van der Waals surface area contributed by atoms with Crippen molar-refractivity contribution in [2.45, 2.75) is 76.5 Å². The molecule has 3 rings (SSSR count). The van der Waals surface area contributed by atoms with Crippen LogP contribution >= 0.6 is 0 Å². The van der Waals surface area contributed by atoms with Gasteiger partial charge in [0.25, 0.3) is 0 Å². The monoisotopic (exact) mass is 481 g/mol. The highest BCUT2D eigenvalue weighted by molar-refractivity contribution is 6.74. The molecule has 0 spiro atoms. The highest BCUT2D eigenvalue weighted by Crippen LogP contribution is 2.37. The average molecular weight is 482 g/mol. The fourth-order valence-corrected chi connectivity index (χ4v) is 5.18. The summed E-state index contributed by atoms with van der Waals surface area (Å²) in [6.45, 7) is 12.2. The third-order valence-corrected chi connectivity index (χ3v) is 11.7. The molecular weight excluding hydrogens is 442 g/mol. The van der Waals surface area contributed by atoms with Gasteiger partial charge >= 0.3 is 6.09 Å². The van der Waals surface area contributed by atoms with Gasteiger partial charge in [-0.3, -0.25) is 4.79 Å². The number of cyclic esters (lactones) is 1. The first-order valence-electron chi connectivity index (χ1n) is 12.3. The van der Waals surface area contributed by atoms with Crippen LogP contribution in [0.15, 0.2) is 60.7 Å². The van der Waals surface area contributed by atoms with E-state index in [2.05, 4.69) is 46.0 Å². The Bertz CT molecular complexity index is 940. The number of amides is 2. The molecule has 0 saturated carbocycles. The van der Waals surface area contributed by atoms with Gasteiger partial charge in [-0.05, 0) is 54.4 Å². The second-order valence-electron chi connectivity index (χ2n) is 10.7. The van der Waals surface area contributed by atoms with E-state index < -0.39 is 14.4 Å². The summed E-state index contributed by atoms with van der Waals surface area (Å²) in [5, 5.41) is 0.172. The maximum absolute atomic E-state index is 13.4. The molecule has 6 heteroatoms. The topological polar surface area (TPSA) is 55.8 Å². The zero-order chi connectivity index (χ0) is 24.8. The third-order valence-electron chi connectivity index (χ3n) is 7.20. The minimum Gasteiger partial charge on any atom is -0.447 e. The average Bonchev–Trinajstić information content (AvgIpc) is 3.16. The summed E-state index contributed by atoms with van der Waals surface area (Å²) in [4.78, 5) is 27.2. The zero-order valence-electron chi connectivity index (χ0n) is 21.3. The number of nitrogens with zero attached hydrogens (tertiary/aromatic N) is 1. The van der Waals surface area contributed by atoms with E-state index in [1.807, 2.05) is 48.5 Å². The Morgan fingerprint density at radius 3 is 2.32 bits per heavy atom. The van der Waals surface area contributed by atoms with E-state index in [9.17, 15) is 9.59 Å². The number of rotatable bonds is 10. The summed E-state index contributed by atoms with van der Waals surface area (Å²) in [5.41, 5.74) is 2.21. The minimum atomic E-state index is -1.80. The van der Waals surface area contributed by atoms with E-state index in [1.165, 1.54) is 4.90 Å². The van der Waals surface area contributed by atoms with Gasteiger partial charge in [-0.15, -0.1) is 0 Å². The third kappa shape index (κ3) is 6.80. The Morgan fingerprint density at radius 2 is 1.71 bits per heavy atom. The predicted octanol–water partition coefficient (Wildman–Crippen LogP) is 6.55. The molecule has 1 aliphatic rings. The largest absolute Gasteiger partial charge is 0.447 e. The molecule has 2 atom stereocenters. The molecule has 184 valence electrons. The van der Waals surface area contributed by atoms with Crippen molar-refractivity contribution in [2.24, 2.45) is 0 Å². The van der Waals surface area contributed by atoms with Crippen molar-refractivity contribution in [3.63, 3.8) is 0 Å². The molecule has 1 fully saturated rings. The lowest BCUT2D eigenvalue weighted by Crippen LogP contribution is -2.41. The Balaban J connectivity index is 1.65. The first-order valence-corrected chi connectivity index (χ1v) is 15.2. The molecule has 0 aromatic heterocycles. The van der Waals surface area contributed by atoms with Crippen LogP contribution in [0.4, 0.5) is 4.79 Å². The summed E-state index contributed by atoms with van der Waals surface area (Å²) < 4.78 is 11.6. The van der Waals surface area contributed by atoms with Crippen LogP contribution in [0.25, 0.3) is 0 Å². The highest BCUT2D eigenvalue weighted by Gasteiger charge is 2.39. The van der Waals surface area contributed by atoms with E-state index in [1.54, 1.807) is 0 Å². The van der Waals surface area contributed by atoms with Crippen LogP contribution in [0.2, 0.25) is 18.1 Å². The Labute approximate surface area is 205 Å². The quantitative estimate of drug-likeness (QED) is 0.285. The van der Waals surface area contributed by atoms with Crippen molar-refractivity contribution in [1.29, 1.82) is 0 Å². The van der Waals surface area contributed by atoms with Gasteiger partial charge in [-0.25, -0.2) is 9.69 Å². The Morgan fingerprint density at radius 1 is 1.09 bits per heavy atom. The summed E-state index contributed by atoms with van der Waals surface area (Å²) in [6, 6.07) is 19.8. The Hall–Kier alpha value is -2.44. The number of hydrogen-bond acceptors (Lipinski definition) is 4. The van der Waals surface area contributed by atoms with E-state index in [4.69, 9.17) is 9.16 Å². The van der Waals surface area contributed by atoms with Gasteiger partial charge < -0.3 is 9.16 Å². The lowest BCUT2D eigenvalue weighted by atomic mass is 9.90. The molecule has 0 aliphatic carbocycles. The van der Waals surface area contributed by atoms with Crippen molar-refractivity contribution in [1.82, 2.24) is 4.90 Å². The molecule has 5 nitrogen and oxygen atoms in total. The molecule has 2 aromatic rings. The number of carbonyl (C=O) groups excluding carboxylic acids is 2. The SMILES string of the molecule is CC(C)(C)[Si](C)(C)OCCC[C@@H](CC(=O)N1C(=O)OC[C@@H]1Cc1ccccc1)c1ccccc1. The molecular formula is C28H39NO4Si. The fourth-order valence-electron chi connectivity index (χ4n) is 4.10. The van der Waals surface area contributed by atoms with E-state index in [0.29, 0.717) is 13.0 Å². The van der Waals surface area contributed by atoms with Gasteiger partial charge in [-0.2, -0.15) is 0 Å². The number of imide groups is 1. The molecule has 1 saturated heterocycles. The van der Waals surface area contributed by atoms with Crippen molar-refractivity contribution in [3.8, 4) is 0 Å². The normalized spacial score (nSPS) is 17.5. The van der Waals surface area contributed by atoms with E-state index in [-0.39, 0.29) is 35.9 Å². The molecule has 2 aromatic carbocycles. The lowest BCUT2D eigenvalue weighted by Gasteiger charge is -2.36. The summed E-state index contributed by atoms with van der Waals surface area (Å²) in [6.07, 6.45) is 2.06. The van der Waals surface area contributed by atoms with Crippen LogP contribution in [0, 0.1) is 0 Å². The molecule has 2 amide bonds. The van der Waals surface area contributed by atoms with Crippen LogP contribution in [-0.2, 0) is 20.4 Å². The number of benzene rings is 2. The fraction of sp³-hybridized carbons (Fsp3) is 0.500. The minimum absolute atomic E-state index is 0.0301. The van der Waals surface area contributed by atoms with Crippen molar-refractivity contribution >= 4 is 20.3 Å². The van der Waals surface area contributed by atoms with Gasteiger partial charge in [0.05, 0.1) is 6.04 Å². The summed E-state index contributed by atoms with van der Waals surface area (Å²) >= 11 is 0. The predicted molar refractivity (Wildman–Crippen MR) is 138 cm³/mol. The van der Waals surface area contributed by atoms with Gasteiger partial charge in [0, 0.05) is 13.0 Å². The zero-order valence-corrected chi connectivity index (χ0v) is 22.3. The molecule has 0 bridgehead atoms. The van der Waals surface area contributed by atoms with Gasteiger partial charge in [-0.1, -0.05) is 81.4 Å². The first-order chi connectivity index (χ1) is 16.1. The summed E-state index contributed by atoms with van der Waals surface area (Å²) in [7, 11) is -1.80. The van der Waals surface area contributed by atoms with Crippen LogP contribution in [-0.4, -0.2) is 44.5 Å². The van der Waals surface area contributed by atoms with Gasteiger partial charge in [0.15, 0.2) is 8.32 Å². The highest BCUT2D eigenvalue weighted by atomic mass is 28.4. The van der Waals surface area contributed by atoms with Crippen LogP contribution in [0.3, 0.4) is 0 Å². The second-order valence-corrected chi connectivity index (χ2v) is 15.6. The van der Waals surface area contributed by atoms with Crippen molar-refractivity contribution in [2.75, 3.05) is 13.2 Å². The summed E-state index contributed by atoms with van der Waals surface area (Å²) in [5.74, 6) is -0.134. The lowest BCUT2D eigenvalue weighted by molar-refractivity contribution is -0.129. The number of hydrogen-bond donors (Lipinski definition) is 0. The van der Waals surface area contributed by atoms with Crippen LogP contribution < -0.4 is 0 Å². The van der Waals surface area contributed by atoms with Gasteiger partial charge in [0.1, 0.15) is 6.61 Å². The van der Waals surface area contributed by atoms with E-state index in [0.717, 1.165) is 24.0 Å². The maximum Gasteiger partial charge on any atom is 0.416 e. The number of carbonyl (C=O) groups is 2. The maximum atomic E-state index is 13.4. The number of ether oxygens (including phenoxy) is 1. The molecule has 34 heavy (non-hydrogen) atoms. The second kappa shape index (κ2) is 11.3. The molecule has 0 N–H and O–H groups in total. The van der Waals surface area contributed by atoms with Crippen molar-refractivity contribution < 1.29 is 18.8 Å². The first kappa shape index (κ1) is 26.2.